The van der Waals surface area contributed by atoms with Crippen molar-refractivity contribution in [3.8, 4) is 11.1 Å². The maximum Gasteiger partial charge on any atom is 0.319 e. The van der Waals surface area contributed by atoms with Crippen LogP contribution in [0.5, 0.6) is 0 Å². The Bertz CT molecular complexity index is 1330. The van der Waals surface area contributed by atoms with Crippen LogP contribution in [-0.2, 0) is 23.1 Å². The van der Waals surface area contributed by atoms with Gasteiger partial charge in [-0.25, -0.2) is 17.9 Å². The maximum absolute atomic E-state index is 12.7. The first-order valence-electron chi connectivity index (χ1n) is 10.7. The predicted molar refractivity (Wildman–Crippen MR) is 132 cm³/mol. The number of carbonyl (C=O) groups excluding carboxylic acids is 1. The first-order chi connectivity index (χ1) is 16.5. The molecule has 8 heteroatoms. The molecule has 0 saturated carbocycles. The van der Waals surface area contributed by atoms with Gasteiger partial charge in [0.2, 0.25) is 10.0 Å². The lowest BCUT2D eigenvalue weighted by Gasteiger charge is -2.10. The highest BCUT2D eigenvalue weighted by Gasteiger charge is 2.14. The van der Waals surface area contributed by atoms with Crippen LogP contribution >= 0.6 is 0 Å². The number of amides is 2. The van der Waals surface area contributed by atoms with Crippen molar-refractivity contribution in [2.24, 2.45) is 0 Å². The Balaban J connectivity index is 1.30. The van der Waals surface area contributed by atoms with Crippen molar-refractivity contribution in [3.63, 3.8) is 0 Å². The van der Waals surface area contributed by atoms with E-state index in [1.165, 1.54) is 12.1 Å². The molecule has 4 rings (SSSR count). The number of sulfonamides is 1. The number of carbonyl (C=O) groups is 1. The van der Waals surface area contributed by atoms with Crippen molar-refractivity contribution in [2.75, 3.05) is 5.32 Å². The zero-order chi connectivity index (χ0) is 23.8. The van der Waals surface area contributed by atoms with Gasteiger partial charge >= 0.3 is 6.03 Å². The molecule has 0 aliphatic heterocycles. The van der Waals surface area contributed by atoms with E-state index in [1.807, 2.05) is 66.7 Å². The predicted octanol–water partition coefficient (Wildman–Crippen LogP) is 4.55. The monoisotopic (exact) mass is 472 g/mol. The number of urea groups is 1. The molecule has 0 saturated heterocycles. The van der Waals surface area contributed by atoms with E-state index in [2.05, 4.69) is 20.3 Å². The van der Waals surface area contributed by atoms with Crippen LogP contribution in [0.25, 0.3) is 11.1 Å². The highest BCUT2D eigenvalue weighted by Crippen LogP contribution is 2.20. The number of anilines is 1. The summed E-state index contributed by atoms with van der Waals surface area (Å²) in [5.41, 5.74) is 4.44. The number of aromatic nitrogens is 1. The van der Waals surface area contributed by atoms with E-state index in [4.69, 9.17) is 0 Å². The van der Waals surface area contributed by atoms with Crippen molar-refractivity contribution in [1.29, 1.82) is 0 Å². The number of hydrogen-bond acceptors (Lipinski definition) is 4. The summed E-state index contributed by atoms with van der Waals surface area (Å²) in [5.74, 6) is 0. The third-order valence-electron chi connectivity index (χ3n) is 5.15. The molecule has 1 aromatic heterocycles. The average molecular weight is 473 g/mol. The molecule has 2 amide bonds. The van der Waals surface area contributed by atoms with E-state index in [0.717, 1.165) is 22.3 Å². The summed E-state index contributed by atoms with van der Waals surface area (Å²) < 4.78 is 28.0. The molecule has 0 aliphatic rings. The number of nitrogens with zero attached hydrogens (tertiary/aromatic N) is 1. The summed E-state index contributed by atoms with van der Waals surface area (Å²) in [4.78, 5) is 16.1. The van der Waals surface area contributed by atoms with Gasteiger partial charge < -0.3 is 10.6 Å². The zero-order valence-corrected chi connectivity index (χ0v) is 19.1. The van der Waals surface area contributed by atoms with Gasteiger partial charge in [-0.2, -0.15) is 0 Å². The maximum atomic E-state index is 12.7. The zero-order valence-electron chi connectivity index (χ0n) is 18.3. The molecule has 3 N–H and O–H groups in total. The van der Waals surface area contributed by atoms with E-state index in [-0.39, 0.29) is 17.5 Å². The molecule has 0 atom stereocenters. The lowest BCUT2D eigenvalue weighted by atomic mass is 10.0. The molecular weight excluding hydrogens is 448 g/mol. The molecule has 172 valence electrons. The van der Waals surface area contributed by atoms with Crippen LogP contribution in [0.15, 0.2) is 108 Å². The average Bonchev–Trinajstić information content (AvgIpc) is 2.88. The van der Waals surface area contributed by atoms with Gasteiger partial charge in [-0.15, -0.1) is 0 Å². The van der Waals surface area contributed by atoms with Crippen molar-refractivity contribution >= 4 is 21.7 Å². The van der Waals surface area contributed by atoms with E-state index in [9.17, 15) is 13.2 Å². The van der Waals surface area contributed by atoms with Crippen LogP contribution in [0.3, 0.4) is 0 Å². The van der Waals surface area contributed by atoms with Gasteiger partial charge in [0.15, 0.2) is 0 Å². The fourth-order valence-electron chi connectivity index (χ4n) is 3.28. The third-order valence-corrected chi connectivity index (χ3v) is 6.57. The van der Waals surface area contributed by atoms with E-state index >= 15 is 0 Å². The van der Waals surface area contributed by atoms with Gasteiger partial charge in [0.05, 0.1) is 4.90 Å². The summed E-state index contributed by atoms with van der Waals surface area (Å²) in [6, 6.07) is 27.0. The highest BCUT2D eigenvalue weighted by molar-refractivity contribution is 7.89. The number of benzene rings is 3. The largest absolute Gasteiger partial charge is 0.334 e. The van der Waals surface area contributed by atoms with E-state index in [1.54, 1.807) is 24.5 Å². The Morgan fingerprint density at radius 3 is 2.00 bits per heavy atom. The molecule has 0 aliphatic carbocycles. The Kier molecular flexibility index (Phi) is 7.31. The minimum absolute atomic E-state index is 0.121. The minimum Gasteiger partial charge on any atom is -0.334 e. The molecule has 0 radical (unpaired) electrons. The van der Waals surface area contributed by atoms with Gasteiger partial charge in [-0.05, 0) is 58.7 Å². The summed E-state index contributed by atoms with van der Waals surface area (Å²) in [5, 5.41) is 5.42. The van der Waals surface area contributed by atoms with Gasteiger partial charge in [0.1, 0.15) is 0 Å². The van der Waals surface area contributed by atoms with Gasteiger partial charge in [-0.1, -0.05) is 54.6 Å². The lowest BCUT2D eigenvalue weighted by Crippen LogP contribution is -2.28. The number of pyridine rings is 1. The molecular formula is C26H24N4O3S. The summed E-state index contributed by atoms with van der Waals surface area (Å²) >= 11 is 0. The standard InChI is InChI=1S/C26H24N4O3S/c31-26(28-18-21-14-16-27-17-15-21)30-24-10-12-25(13-11-24)34(32,33)29-19-20-6-8-23(9-7-20)22-4-2-1-3-5-22/h1-17,29H,18-19H2,(H2,28,30,31). The molecule has 34 heavy (non-hydrogen) atoms. The quantitative estimate of drug-likeness (QED) is 0.350. The second-order valence-corrected chi connectivity index (χ2v) is 9.34. The SMILES string of the molecule is O=C(NCc1ccncc1)Nc1ccc(S(=O)(=O)NCc2ccc(-c3ccccc3)cc2)cc1. The Labute approximate surface area is 198 Å². The van der Waals surface area contributed by atoms with Gasteiger partial charge in [-0.3, -0.25) is 4.98 Å². The molecule has 0 unspecified atom stereocenters. The fourth-order valence-corrected chi connectivity index (χ4v) is 4.30. The van der Waals surface area contributed by atoms with Crippen molar-refractivity contribution in [1.82, 2.24) is 15.0 Å². The molecule has 1 heterocycles. The van der Waals surface area contributed by atoms with Crippen molar-refractivity contribution in [2.45, 2.75) is 18.0 Å². The van der Waals surface area contributed by atoms with Crippen LogP contribution in [0, 0.1) is 0 Å². The van der Waals surface area contributed by atoms with E-state index in [0.29, 0.717) is 12.2 Å². The summed E-state index contributed by atoms with van der Waals surface area (Å²) in [7, 11) is -3.70. The topological polar surface area (TPSA) is 100 Å². The van der Waals surface area contributed by atoms with Crippen molar-refractivity contribution in [3.05, 3.63) is 115 Å². The lowest BCUT2D eigenvalue weighted by molar-refractivity contribution is 0.251. The first kappa shape index (κ1) is 23.2. The van der Waals surface area contributed by atoms with E-state index < -0.39 is 10.0 Å². The van der Waals surface area contributed by atoms with Crippen LogP contribution in [0.4, 0.5) is 10.5 Å². The molecule has 7 nitrogen and oxygen atoms in total. The Morgan fingerprint density at radius 2 is 1.32 bits per heavy atom. The molecule has 4 aromatic rings. The van der Waals surface area contributed by atoms with Crippen LogP contribution in [-0.4, -0.2) is 19.4 Å². The highest BCUT2D eigenvalue weighted by atomic mass is 32.2. The van der Waals surface area contributed by atoms with Crippen LogP contribution in [0.1, 0.15) is 11.1 Å². The number of nitrogens with one attached hydrogen (secondary N) is 3. The molecule has 0 bridgehead atoms. The van der Waals surface area contributed by atoms with Gasteiger partial charge in [0.25, 0.3) is 0 Å². The summed E-state index contributed by atoms with van der Waals surface area (Å²) in [6.07, 6.45) is 3.31. The van der Waals surface area contributed by atoms with Crippen LogP contribution < -0.4 is 15.4 Å². The third kappa shape index (κ3) is 6.28. The van der Waals surface area contributed by atoms with Crippen LogP contribution in [0.2, 0.25) is 0 Å². The summed E-state index contributed by atoms with van der Waals surface area (Å²) in [6.45, 7) is 0.534. The fraction of sp³-hybridized carbons (Fsp3) is 0.0769. The molecule has 0 spiro atoms. The second-order valence-electron chi connectivity index (χ2n) is 7.58. The number of hydrogen-bond donors (Lipinski definition) is 3. The first-order valence-corrected chi connectivity index (χ1v) is 12.2. The smallest absolute Gasteiger partial charge is 0.319 e. The Morgan fingerprint density at radius 1 is 0.706 bits per heavy atom. The van der Waals surface area contributed by atoms with Gasteiger partial charge in [0, 0.05) is 31.2 Å². The second kappa shape index (κ2) is 10.7. The molecule has 3 aromatic carbocycles. The molecule has 0 fully saturated rings. The van der Waals surface area contributed by atoms with Crippen molar-refractivity contribution < 1.29 is 13.2 Å². The normalized spacial score (nSPS) is 11.1. The number of rotatable bonds is 8. The minimum atomic E-state index is -3.70. The Hall–Kier alpha value is -4.01.